The number of aryl methyl sites for hydroxylation is 1. The van der Waals surface area contributed by atoms with E-state index in [1.54, 1.807) is 30.3 Å². The number of hydrazine groups is 1. The van der Waals surface area contributed by atoms with Crippen molar-refractivity contribution in [2.24, 2.45) is 0 Å². The highest BCUT2D eigenvalue weighted by Gasteiger charge is 2.13. The molecule has 6 heteroatoms. The average Bonchev–Trinajstić information content (AvgIpc) is 2.45. The maximum atomic E-state index is 11.9. The number of para-hydroxylation sites is 2. The van der Waals surface area contributed by atoms with Crippen molar-refractivity contribution in [3.05, 3.63) is 69.8 Å². The molecule has 0 spiro atoms. The molecule has 0 heterocycles. The number of nitro groups is 1. The van der Waals surface area contributed by atoms with E-state index in [2.05, 4.69) is 10.9 Å². The molecule has 102 valence electrons. The van der Waals surface area contributed by atoms with E-state index in [0.29, 0.717) is 5.56 Å². The Morgan fingerprint density at radius 3 is 2.60 bits per heavy atom. The van der Waals surface area contributed by atoms with E-state index < -0.39 is 4.92 Å². The Bertz CT molecular complexity index is 656. The van der Waals surface area contributed by atoms with Crippen molar-refractivity contribution >= 4 is 17.3 Å². The van der Waals surface area contributed by atoms with Gasteiger partial charge in [0.05, 0.1) is 4.92 Å². The summed E-state index contributed by atoms with van der Waals surface area (Å²) in [5.41, 5.74) is 6.59. The number of hydrogen-bond donors (Lipinski definition) is 2. The molecule has 0 saturated carbocycles. The van der Waals surface area contributed by atoms with Crippen LogP contribution in [0.5, 0.6) is 0 Å². The molecule has 0 aliphatic rings. The van der Waals surface area contributed by atoms with Gasteiger partial charge in [0.2, 0.25) is 0 Å². The lowest BCUT2D eigenvalue weighted by Crippen LogP contribution is -2.29. The standard InChI is InChI=1S/C14H13N3O3/c1-10-5-4-6-11(9-10)14(18)16-15-12-7-2-3-8-13(12)17(19)20/h2-9,15H,1H3,(H,16,18). The number of benzene rings is 2. The molecule has 0 aliphatic heterocycles. The number of amides is 1. The fourth-order valence-electron chi connectivity index (χ4n) is 1.72. The van der Waals surface area contributed by atoms with E-state index in [1.165, 1.54) is 12.1 Å². The van der Waals surface area contributed by atoms with Gasteiger partial charge in [-0.25, -0.2) is 0 Å². The minimum Gasteiger partial charge on any atom is -0.292 e. The van der Waals surface area contributed by atoms with Crippen LogP contribution in [-0.4, -0.2) is 10.8 Å². The molecule has 0 radical (unpaired) electrons. The minimum absolute atomic E-state index is 0.1000. The first-order valence-electron chi connectivity index (χ1n) is 5.94. The van der Waals surface area contributed by atoms with Gasteiger partial charge in [-0.05, 0) is 25.1 Å². The quantitative estimate of drug-likeness (QED) is 0.661. The summed E-state index contributed by atoms with van der Waals surface area (Å²) in [6, 6.07) is 13.1. The van der Waals surface area contributed by atoms with E-state index in [-0.39, 0.29) is 17.3 Å². The van der Waals surface area contributed by atoms with Crippen LogP contribution in [0.3, 0.4) is 0 Å². The number of nitrogens with one attached hydrogen (secondary N) is 2. The monoisotopic (exact) mass is 271 g/mol. The first-order valence-corrected chi connectivity index (χ1v) is 5.94. The van der Waals surface area contributed by atoms with Crippen molar-refractivity contribution in [2.75, 3.05) is 5.43 Å². The second-order valence-electron chi connectivity index (χ2n) is 4.22. The van der Waals surface area contributed by atoms with Crippen molar-refractivity contribution in [1.82, 2.24) is 5.43 Å². The molecule has 0 saturated heterocycles. The summed E-state index contributed by atoms with van der Waals surface area (Å²) in [4.78, 5) is 22.2. The smallest absolute Gasteiger partial charge is 0.292 e. The zero-order valence-corrected chi connectivity index (χ0v) is 10.8. The van der Waals surface area contributed by atoms with Crippen LogP contribution in [0.25, 0.3) is 0 Å². The first-order chi connectivity index (χ1) is 9.58. The van der Waals surface area contributed by atoms with E-state index in [9.17, 15) is 14.9 Å². The van der Waals surface area contributed by atoms with Crippen LogP contribution in [0.4, 0.5) is 11.4 Å². The molecule has 0 aromatic heterocycles. The van der Waals surface area contributed by atoms with Crippen molar-refractivity contribution in [2.45, 2.75) is 6.92 Å². The summed E-state index contributed by atoms with van der Waals surface area (Å²) in [7, 11) is 0. The third kappa shape index (κ3) is 3.11. The lowest BCUT2D eigenvalue weighted by molar-refractivity contribution is -0.384. The highest BCUT2D eigenvalue weighted by Crippen LogP contribution is 2.22. The Balaban J connectivity index is 2.09. The Morgan fingerprint density at radius 2 is 1.90 bits per heavy atom. The van der Waals surface area contributed by atoms with Crippen LogP contribution < -0.4 is 10.9 Å². The molecular formula is C14H13N3O3. The third-order valence-electron chi connectivity index (χ3n) is 2.69. The lowest BCUT2D eigenvalue weighted by atomic mass is 10.1. The number of anilines is 1. The summed E-state index contributed by atoms with van der Waals surface area (Å²) >= 11 is 0. The number of nitrogens with zero attached hydrogens (tertiary/aromatic N) is 1. The van der Waals surface area contributed by atoms with Gasteiger partial charge in [-0.2, -0.15) is 0 Å². The van der Waals surface area contributed by atoms with Gasteiger partial charge in [0.25, 0.3) is 11.6 Å². The summed E-state index contributed by atoms with van der Waals surface area (Å²) in [6.07, 6.45) is 0. The minimum atomic E-state index is -0.513. The Kier molecular flexibility index (Phi) is 3.95. The Morgan fingerprint density at radius 1 is 1.15 bits per heavy atom. The predicted molar refractivity (Wildman–Crippen MR) is 75.4 cm³/mol. The fraction of sp³-hybridized carbons (Fsp3) is 0.0714. The SMILES string of the molecule is Cc1cccc(C(=O)NNc2ccccc2[N+](=O)[O-])c1. The van der Waals surface area contributed by atoms with Gasteiger partial charge in [-0.15, -0.1) is 0 Å². The van der Waals surface area contributed by atoms with Crippen LogP contribution in [0.1, 0.15) is 15.9 Å². The van der Waals surface area contributed by atoms with Crippen molar-refractivity contribution in [1.29, 1.82) is 0 Å². The highest BCUT2D eigenvalue weighted by atomic mass is 16.6. The summed E-state index contributed by atoms with van der Waals surface area (Å²) in [6.45, 7) is 1.88. The molecule has 2 rings (SSSR count). The van der Waals surface area contributed by atoms with E-state index in [0.717, 1.165) is 5.56 Å². The number of rotatable bonds is 4. The molecule has 0 unspecified atom stereocenters. The molecule has 0 atom stereocenters. The van der Waals surface area contributed by atoms with Gasteiger partial charge < -0.3 is 0 Å². The summed E-state index contributed by atoms with van der Waals surface area (Å²) in [5.74, 6) is -0.355. The maximum Gasteiger partial charge on any atom is 0.294 e. The molecule has 6 nitrogen and oxygen atoms in total. The molecule has 20 heavy (non-hydrogen) atoms. The van der Waals surface area contributed by atoms with Crippen LogP contribution in [0.2, 0.25) is 0 Å². The van der Waals surface area contributed by atoms with Gasteiger partial charge in [0, 0.05) is 11.6 Å². The van der Waals surface area contributed by atoms with Crippen LogP contribution >= 0.6 is 0 Å². The molecule has 2 N–H and O–H groups in total. The molecule has 0 aliphatic carbocycles. The summed E-state index contributed by atoms with van der Waals surface area (Å²) in [5, 5.41) is 10.8. The molecule has 1 amide bonds. The van der Waals surface area contributed by atoms with Crippen molar-refractivity contribution < 1.29 is 9.72 Å². The summed E-state index contributed by atoms with van der Waals surface area (Å²) < 4.78 is 0. The average molecular weight is 271 g/mol. The molecular weight excluding hydrogens is 258 g/mol. The van der Waals surface area contributed by atoms with E-state index >= 15 is 0 Å². The van der Waals surface area contributed by atoms with Gasteiger partial charge in [-0.1, -0.05) is 29.8 Å². The third-order valence-corrected chi connectivity index (χ3v) is 2.69. The fourth-order valence-corrected chi connectivity index (χ4v) is 1.72. The van der Waals surface area contributed by atoms with Crippen LogP contribution in [0.15, 0.2) is 48.5 Å². The van der Waals surface area contributed by atoms with Gasteiger partial charge in [0.1, 0.15) is 5.69 Å². The first kappa shape index (κ1) is 13.5. The van der Waals surface area contributed by atoms with Gasteiger partial charge in [-0.3, -0.25) is 25.8 Å². The second-order valence-corrected chi connectivity index (χ2v) is 4.22. The topological polar surface area (TPSA) is 84.3 Å². The second kappa shape index (κ2) is 5.83. The normalized spacial score (nSPS) is 9.85. The van der Waals surface area contributed by atoms with Gasteiger partial charge in [0.15, 0.2) is 0 Å². The zero-order chi connectivity index (χ0) is 14.5. The number of nitro benzene ring substituents is 1. The van der Waals surface area contributed by atoms with Crippen LogP contribution in [0, 0.1) is 17.0 Å². The Hall–Kier alpha value is -2.89. The van der Waals surface area contributed by atoms with E-state index in [1.807, 2.05) is 13.0 Å². The zero-order valence-electron chi connectivity index (χ0n) is 10.8. The highest BCUT2D eigenvalue weighted by molar-refractivity contribution is 5.95. The van der Waals surface area contributed by atoms with E-state index in [4.69, 9.17) is 0 Å². The van der Waals surface area contributed by atoms with Gasteiger partial charge >= 0.3 is 0 Å². The number of carbonyl (C=O) groups excluding carboxylic acids is 1. The number of carbonyl (C=O) groups is 1. The maximum absolute atomic E-state index is 11.9. The molecule has 2 aromatic rings. The van der Waals surface area contributed by atoms with Crippen molar-refractivity contribution in [3.63, 3.8) is 0 Å². The molecule has 0 bridgehead atoms. The largest absolute Gasteiger partial charge is 0.294 e. The van der Waals surface area contributed by atoms with Crippen LogP contribution in [-0.2, 0) is 0 Å². The Labute approximate surface area is 115 Å². The van der Waals surface area contributed by atoms with Crippen molar-refractivity contribution in [3.8, 4) is 0 Å². The lowest BCUT2D eigenvalue weighted by Gasteiger charge is -2.09. The molecule has 0 fully saturated rings. The predicted octanol–water partition coefficient (Wildman–Crippen LogP) is 2.66. The molecule has 2 aromatic carbocycles. The number of hydrogen-bond acceptors (Lipinski definition) is 4.